The molecule has 1 saturated carbocycles. The minimum absolute atomic E-state index is 0.177. The summed E-state index contributed by atoms with van der Waals surface area (Å²) in [4.78, 5) is 3.63. The Kier molecular flexibility index (Phi) is 8.12. The average Bonchev–Trinajstić information content (AvgIpc) is 3.17. The molecule has 1 heterocycles. The molecule has 2 aromatic rings. The zero-order valence-corrected chi connectivity index (χ0v) is 19.6. The van der Waals surface area contributed by atoms with Gasteiger partial charge in [0, 0.05) is 30.7 Å². The van der Waals surface area contributed by atoms with Crippen LogP contribution in [0.15, 0.2) is 48.5 Å². The number of aryl methyl sites for hydroxylation is 1. The van der Waals surface area contributed by atoms with E-state index >= 15 is 0 Å². The van der Waals surface area contributed by atoms with Gasteiger partial charge in [0.25, 0.3) is 0 Å². The van der Waals surface area contributed by atoms with E-state index in [4.69, 9.17) is 12.2 Å². The lowest BCUT2D eigenvalue weighted by Crippen LogP contribution is -2.46. The first-order valence-corrected chi connectivity index (χ1v) is 12.6. The molecular weight excluding hydrogens is 422 g/mol. The lowest BCUT2D eigenvalue weighted by molar-refractivity contribution is 0.203. The molecule has 0 bridgehead atoms. The van der Waals surface area contributed by atoms with Crippen molar-refractivity contribution in [3.8, 4) is 0 Å². The van der Waals surface area contributed by atoms with E-state index in [1.807, 2.05) is 24.3 Å². The van der Waals surface area contributed by atoms with Gasteiger partial charge in [0.05, 0.1) is 4.99 Å². The van der Waals surface area contributed by atoms with Gasteiger partial charge < -0.3 is 10.2 Å². The van der Waals surface area contributed by atoms with Crippen molar-refractivity contribution in [2.75, 3.05) is 18.4 Å². The smallest absolute Gasteiger partial charge is 0.123 e. The van der Waals surface area contributed by atoms with Crippen LogP contribution in [0.3, 0.4) is 0 Å². The van der Waals surface area contributed by atoms with Crippen molar-refractivity contribution < 1.29 is 8.78 Å². The van der Waals surface area contributed by atoms with E-state index in [0.717, 1.165) is 49.4 Å². The Hall–Kier alpha value is -2.01. The molecule has 5 heteroatoms. The second-order valence-corrected chi connectivity index (χ2v) is 9.81. The predicted molar refractivity (Wildman–Crippen MR) is 132 cm³/mol. The summed E-state index contributed by atoms with van der Waals surface area (Å²) in [6.45, 7) is 1.88. The van der Waals surface area contributed by atoms with Gasteiger partial charge >= 0.3 is 0 Å². The summed E-state index contributed by atoms with van der Waals surface area (Å²) in [7, 11) is 0. The SMILES string of the molecule is Fc1ccc(CCCC2CCN(C(CNc3ccc(F)cc3)C3CCCCC3)C2=S)cc1. The Bertz CT molecular complexity index is 862. The molecule has 2 nitrogen and oxygen atoms in total. The maximum Gasteiger partial charge on any atom is 0.123 e. The standard InChI is InChI=1S/C27H34F2N2S/c28-23-11-9-20(10-12-23)5-4-8-22-17-18-31(27(22)32)26(21-6-2-1-3-7-21)19-30-25-15-13-24(29)14-16-25/h9-16,21-22,26,30H,1-8,17-19H2. The highest BCUT2D eigenvalue weighted by atomic mass is 32.1. The topological polar surface area (TPSA) is 15.3 Å². The zero-order chi connectivity index (χ0) is 22.3. The fraction of sp³-hybridized carbons (Fsp3) is 0.519. The molecule has 0 radical (unpaired) electrons. The van der Waals surface area contributed by atoms with E-state index in [2.05, 4.69) is 10.2 Å². The van der Waals surface area contributed by atoms with E-state index in [0.29, 0.717) is 17.9 Å². The molecule has 172 valence electrons. The van der Waals surface area contributed by atoms with Crippen LogP contribution in [0.1, 0.15) is 56.9 Å². The predicted octanol–water partition coefficient (Wildman–Crippen LogP) is 7.00. The van der Waals surface area contributed by atoms with Gasteiger partial charge in [0.1, 0.15) is 11.6 Å². The van der Waals surface area contributed by atoms with Crippen molar-refractivity contribution in [3.05, 3.63) is 65.7 Å². The number of nitrogens with zero attached hydrogens (tertiary/aromatic N) is 1. The van der Waals surface area contributed by atoms with Gasteiger partial charge in [0.15, 0.2) is 0 Å². The molecule has 1 aliphatic heterocycles. The first kappa shape index (κ1) is 23.2. The van der Waals surface area contributed by atoms with Gasteiger partial charge in [-0.2, -0.15) is 0 Å². The van der Waals surface area contributed by atoms with Gasteiger partial charge in [-0.25, -0.2) is 8.78 Å². The summed E-state index contributed by atoms with van der Waals surface area (Å²) in [5, 5.41) is 3.55. The first-order chi connectivity index (χ1) is 15.6. The minimum atomic E-state index is -0.205. The Morgan fingerprint density at radius 1 is 0.906 bits per heavy atom. The number of anilines is 1. The van der Waals surface area contributed by atoms with E-state index in [-0.39, 0.29) is 11.6 Å². The van der Waals surface area contributed by atoms with Crippen LogP contribution in [-0.2, 0) is 6.42 Å². The van der Waals surface area contributed by atoms with Gasteiger partial charge in [-0.05, 0) is 86.4 Å². The highest BCUT2D eigenvalue weighted by Gasteiger charge is 2.36. The number of nitrogens with one attached hydrogen (secondary N) is 1. The molecule has 32 heavy (non-hydrogen) atoms. The molecule has 4 rings (SSSR count). The lowest BCUT2D eigenvalue weighted by atomic mass is 9.83. The van der Waals surface area contributed by atoms with E-state index in [1.54, 1.807) is 12.1 Å². The van der Waals surface area contributed by atoms with Crippen LogP contribution in [0.4, 0.5) is 14.5 Å². The molecule has 2 unspecified atom stereocenters. The van der Waals surface area contributed by atoms with Gasteiger partial charge in [-0.1, -0.05) is 43.6 Å². The molecule has 2 aliphatic rings. The molecule has 1 saturated heterocycles. The monoisotopic (exact) mass is 456 g/mol. The molecule has 0 amide bonds. The molecule has 1 N–H and O–H groups in total. The van der Waals surface area contributed by atoms with E-state index in [9.17, 15) is 8.78 Å². The Morgan fingerprint density at radius 3 is 2.25 bits per heavy atom. The maximum absolute atomic E-state index is 13.3. The quantitative estimate of drug-likeness (QED) is 0.409. The van der Waals surface area contributed by atoms with Crippen LogP contribution in [0.5, 0.6) is 0 Å². The molecule has 2 fully saturated rings. The third kappa shape index (κ3) is 6.06. The highest BCUT2D eigenvalue weighted by Crippen LogP contribution is 2.34. The average molecular weight is 457 g/mol. The van der Waals surface area contributed by atoms with Crippen LogP contribution >= 0.6 is 12.2 Å². The number of benzene rings is 2. The van der Waals surface area contributed by atoms with Crippen LogP contribution in [0.2, 0.25) is 0 Å². The Labute approximate surface area is 196 Å². The van der Waals surface area contributed by atoms with Crippen molar-refractivity contribution in [2.24, 2.45) is 11.8 Å². The number of hydrogen-bond donors (Lipinski definition) is 1. The van der Waals surface area contributed by atoms with Crippen molar-refractivity contribution in [1.82, 2.24) is 4.90 Å². The maximum atomic E-state index is 13.3. The summed E-state index contributed by atoms with van der Waals surface area (Å²) in [6, 6.07) is 13.9. The van der Waals surface area contributed by atoms with Crippen molar-refractivity contribution >= 4 is 22.9 Å². The highest BCUT2D eigenvalue weighted by molar-refractivity contribution is 7.80. The number of hydrogen-bond acceptors (Lipinski definition) is 2. The van der Waals surface area contributed by atoms with Crippen molar-refractivity contribution in [3.63, 3.8) is 0 Å². The van der Waals surface area contributed by atoms with Crippen molar-refractivity contribution in [2.45, 2.75) is 63.8 Å². The second-order valence-electron chi connectivity index (χ2n) is 9.39. The molecule has 2 atom stereocenters. The van der Waals surface area contributed by atoms with Crippen LogP contribution in [0.25, 0.3) is 0 Å². The molecule has 1 aliphatic carbocycles. The summed E-state index contributed by atoms with van der Waals surface area (Å²) < 4.78 is 26.4. The fourth-order valence-electron chi connectivity index (χ4n) is 5.40. The van der Waals surface area contributed by atoms with E-state index in [1.165, 1.54) is 49.8 Å². The second kappa shape index (κ2) is 11.2. The van der Waals surface area contributed by atoms with Gasteiger partial charge in [0.2, 0.25) is 0 Å². The summed E-state index contributed by atoms with van der Waals surface area (Å²) in [5.41, 5.74) is 2.16. The minimum Gasteiger partial charge on any atom is -0.383 e. The van der Waals surface area contributed by atoms with E-state index < -0.39 is 0 Å². The normalized spacial score (nSPS) is 20.5. The number of halogens is 2. The third-order valence-electron chi connectivity index (χ3n) is 7.24. The molecule has 2 aromatic carbocycles. The summed E-state index contributed by atoms with van der Waals surface area (Å²) >= 11 is 6.00. The molecular formula is C27H34F2N2S. The first-order valence-electron chi connectivity index (χ1n) is 12.1. The third-order valence-corrected chi connectivity index (χ3v) is 7.80. The molecule has 0 spiro atoms. The van der Waals surface area contributed by atoms with Crippen LogP contribution < -0.4 is 5.32 Å². The number of thiocarbonyl (C=S) groups is 1. The number of rotatable bonds is 9. The fourth-order valence-corrected chi connectivity index (χ4v) is 5.87. The largest absolute Gasteiger partial charge is 0.383 e. The van der Waals surface area contributed by atoms with Gasteiger partial charge in [-0.15, -0.1) is 0 Å². The molecule has 0 aromatic heterocycles. The number of likely N-dealkylation sites (tertiary alicyclic amines) is 1. The summed E-state index contributed by atoms with van der Waals surface area (Å²) in [6.07, 6.45) is 10.7. The Balaban J connectivity index is 1.35. The zero-order valence-electron chi connectivity index (χ0n) is 18.7. The lowest BCUT2D eigenvalue weighted by Gasteiger charge is -2.38. The van der Waals surface area contributed by atoms with Crippen molar-refractivity contribution in [1.29, 1.82) is 0 Å². The van der Waals surface area contributed by atoms with Crippen LogP contribution in [-0.4, -0.2) is 29.0 Å². The summed E-state index contributed by atoms with van der Waals surface area (Å²) in [5.74, 6) is 0.739. The Morgan fingerprint density at radius 2 is 1.56 bits per heavy atom. The van der Waals surface area contributed by atoms with Crippen LogP contribution in [0, 0.1) is 23.5 Å². The van der Waals surface area contributed by atoms with Gasteiger partial charge in [-0.3, -0.25) is 0 Å².